The largest absolute Gasteiger partial charge is 0.360 e. The lowest BCUT2D eigenvalue weighted by molar-refractivity contribution is -0.117. The SMILES string of the molecule is CNCCCN(C)c1ccc2c(NC(=O)CC3CCCCC3)c(Cl)ccc2n1. The number of aromatic nitrogens is 1. The summed E-state index contributed by atoms with van der Waals surface area (Å²) >= 11 is 6.42. The van der Waals surface area contributed by atoms with Gasteiger partial charge in [0.1, 0.15) is 5.82 Å². The minimum absolute atomic E-state index is 0.0505. The molecule has 0 spiro atoms. The molecular formula is C22H31ClN4O. The maximum atomic E-state index is 12.6. The third-order valence-electron chi connectivity index (χ3n) is 5.58. The van der Waals surface area contributed by atoms with Gasteiger partial charge in [0.15, 0.2) is 0 Å². The molecule has 0 saturated heterocycles. The van der Waals surface area contributed by atoms with Crippen molar-refractivity contribution >= 4 is 39.9 Å². The van der Waals surface area contributed by atoms with E-state index in [2.05, 4.69) is 15.5 Å². The van der Waals surface area contributed by atoms with E-state index in [9.17, 15) is 4.79 Å². The molecule has 2 N–H and O–H groups in total. The molecule has 5 nitrogen and oxygen atoms in total. The second-order valence-electron chi connectivity index (χ2n) is 7.79. The number of carbonyl (C=O) groups is 1. The molecule has 1 aromatic carbocycles. The summed E-state index contributed by atoms with van der Waals surface area (Å²) in [4.78, 5) is 19.5. The number of fused-ring (bicyclic) bond motifs is 1. The summed E-state index contributed by atoms with van der Waals surface area (Å²) in [6.07, 6.45) is 7.71. The van der Waals surface area contributed by atoms with E-state index in [1.807, 2.05) is 38.4 Å². The van der Waals surface area contributed by atoms with Gasteiger partial charge in [-0.1, -0.05) is 30.9 Å². The zero-order valence-electron chi connectivity index (χ0n) is 16.9. The smallest absolute Gasteiger partial charge is 0.224 e. The highest BCUT2D eigenvalue weighted by molar-refractivity contribution is 6.35. The maximum absolute atomic E-state index is 12.6. The molecule has 28 heavy (non-hydrogen) atoms. The summed E-state index contributed by atoms with van der Waals surface area (Å²) in [5.74, 6) is 1.47. The minimum atomic E-state index is 0.0505. The zero-order chi connectivity index (χ0) is 19.9. The molecule has 6 heteroatoms. The van der Waals surface area contributed by atoms with Gasteiger partial charge in [0.05, 0.1) is 16.2 Å². The predicted octanol–water partition coefficient (Wildman–Crippen LogP) is 4.84. The Morgan fingerprint density at radius 1 is 1.21 bits per heavy atom. The molecule has 1 aliphatic carbocycles. The Hall–Kier alpha value is -1.85. The van der Waals surface area contributed by atoms with E-state index in [0.717, 1.165) is 49.1 Å². The number of rotatable bonds is 8. The van der Waals surface area contributed by atoms with Crippen LogP contribution in [0.15, 0.2) is 24.3 Å². The molecule has 1 aliphatic rings. The van der Waals surface area contributed by atoms with E-state index >= 15 is 0 Å². The van der Waals surface area contributed by atoms with Gasteiger partial charge in [0.2, 0.25) is 5.91 Å². The van der Waals surface area contributed by atoms with E-state index in [1.54, 1.807) is 0 Å². The summed E-state index contributed by atoms with van der Waals surface area (Å²) < 4.78 is 0. The number of amides is 1. The average molecular weight is 403 g/mol. The lowest BCUT2D eigenvalue weighted by Crippen LogP contribution is -2.23. The molecule has 0 radical (unpaired) electrons. The van der Waals surface area contributed by atoms with Crippen LogP contribution in [0, 0.1) is 5.92 Å². The fraction of sp³-hybridized carbons (Fsp3) is 0.545. The van der Waals surface area contributed by atoms with Crippen LogP contribution in [0.3, 0.4) is 0 Å². The van der Waals surface area contributed by atoms with Crippen LogP contribution < -0.4 is 15.5 Å². The highest BCUT2D eigenvalue weighted by Gasteiger charge is 2.19. The van der Waals surface area contributed by atoms with Crippen LogP contribution in [0.5, 0.6) is 0 Å². The first-order valence-corrected chi connectivity index (χ1v) is 10.7. The summed E-state index contributed by atoms with van der Waals surface area (Å²) in [5.41, 5.74) is 1.52. The van der Waals surface area contributed by atoms with E-state index < -0.39 is 0 Å². The quantitative estimate of drug-likeness (QED) is 0.620. The van der Waals surface area contributed by atoms with Crippen LogP contribution in [0.25, 0.3) is 10.9 Å². The number of anilines is 2. The summed E-state index contributed by atoms with van der Waals surface area (Å²) in [7, 11) is 4.01. The van der Waals surface area contributed by atoms with Gasteiger partial charge in [-0.3, -0.25) is 4.79 Å². The first kappa shape index (κ1) is 20.9. The minimum Gasteiger partial charge on any atom is -0.360 e. The van der Waals surface area contributed by atoms with Crippen molar-refractivity contribution in [1.82, 2.24) is 10.3 Å². The first-order chi connectivity index (χ1) is 13.6. The number of pyridine rings is 1. The monoisotopic (exact) mass is 402 g/mol. The molecule has 3 rings (SSSR count). The molecule has 0 bridgehead atoms. The van der Waals surface area contributed by atoms with Crippen LogP contribution in [-0.4, -0.2) is 38.1 Å². The lowest BCUT2D eigenvalue weighted by Gasteiger charge is -2.21. The molecule has 1 heterocycles. The normalized spacial score (nSPS) is 15.0. The molecular weight excluding hydrogens is 372 g/mol. The van der Waals surface area contributed by atoms with Crippen LogP contribution in [0.2, 0.25) is 5.02 Å². The van der Waals surface area contributed by atoms with Gasteiger partial charge in [-0.05, 0) is 63.0 Å². The van der Waals surface area contributed by atoms with Crippen LogP contribution in [0.1, 0.15) is 44.9 Å². The molecule has 2 aromatic rings. The third-order valence-corrected chi connectivity index (χ3v) is 5.90. The van der Waals surface area contributed by atoms with Gasteiger partial charge in [-0.25, -0.2) is 4.98 Å². The van der Waals surface area contributed by atoms with Crippen molar-refractivity contribution in [3.8, 4) is 0 Å². The van der Waals surface area contributed by atoms with Crippen molar-refractivity contribution < 1.29 is 4.79 Å². The topological polar surface area (TPSA) is 57.3 Å². The molecule has 1 amide bonds. The van der Waals surface area contributed by atoms with Crippen molar-refractivity contribution in [2.45, 2.75) is 44.9 Å². The van der Waals surface area contributed by atoms with E-state index in [4.69, 9.17) is 16.6 Å². The first-order valence-electron chi connectivity index (χ1n) is 10.3. The van der Waals surface area contributed by atoms with Crippen molar-refractivity contribution in [1.29, 1.82) is 0 Å². The van der Waals surface area contributed by atoms with Gasteiger partial charge in [0, 0.05) is 25.4 Å². The Balaban J connectivity index is 1.74. The Bertz CT molecular complexity index is 804. The molecule has 0 unspecified atom stereocenters. The van der Waals surface area contributed by atoms with E-state index in [1.165, 1.54) is 19.3 Å². The zero-order valence-corrected chi connectivity index (χ0v) is 17.7. The molecule has 1 aromatic heterocycles. The van der Waals surface area contributed by atoms with Gasteiger partial charge < -0.3 is 15.5 Å². The van der Waals surface area contributed by atoms with Crippen LogP contribution in [-0.2, 0) is 4.79 Å². The second kappa shape index (κ2) is 10.1. The number of hydrogen-bond donors (Lipinski definition) is 2. The van der Waals surface area contributed by atoms with Crippen LogP contribution >= 0.6 is 11.6 Å². The van der Waals surface area contributed by atoms with Crippen molar-refractivity contribution in [3.63, 3.8) is 0 Å². The summed E-state index contributed by atoms with van der Waals surface area (Å²) in [5, 5.41) is 7.66. The fourth-order valence-electron chi connectivity index (χ4n) is 3.96. The number of benzene rings is 1. The van der Waals surface area contributed by atoms with Gasteiger partial charge in [-0.2, -0.15) is 0 Å². The maximum Gasteiger partial charge on any atom is 0.224 e. The third kappa shape index (κ3) is 5.36. The van der Waals surface area contributed by atoms with E-state index in [0.29, 0.717) is 23.0 Å². The van der Waals surface area contributed by atoms with Crippen molar-refractivity contribution in [3.05, 3.63) is 29.3 Å². The Kier molecular flexibility index (Phi) is 7.51. The van der Waals surface area contributed by atoms with Crippen molar-refractivity contribution in [2.24, 2.45) is 5.92 Å². The number of nitrogens with one attached hydrogen (secondary N) is 2. The number of halogens is 1. The standard InChI is InChI=1S/C22H31ClN4O/c1-24-13-6-14-27(2)20-12-9-17-19(25-20)11-10-18(23)22(17)26-21(28)15-16-7-4-3-5-8-16/h9-12,16,24H,3-8,13-15H2,1-2H3,(H,26,28). The molecule has 0 atom stereocenters. The molecule has 1 saturated carbocycles. The molecule has 0 aliphatic heterocycles. The van der Waals surface area contributed by atoms with Gasteiger partial charge in [-0.15, -0.1) is 0 Å². The van der Waals surface area contributed by atoms with Gasteiger partial charge in [0.25, 0.3) is 0 Å². The molecule has 1 fully saturated rings. The van der Waals surface area contributed by atoms with Gasteiger partial charge >= 0.3 is 0 Å². The molecule has 152 valence electrons. The number of carbonyl (C=O) groups excluding carboxylic acids is 1. The summed E-state index contributed by atoms with van der Waals surface area (Å²) in [6, 6.07) is 7.74. The highest BCUT2D eigenvalue weighted by atomic mass is 35.5. The second-order valence-corrected chi connectivity index (χ2v) is 8.20. The summed E-state index contributed by atoms with van der Waals surface area (Å²) in [6.45, 7) is 1.91. The Morgan fingerprint density at radius 2 is 2.00 bits per heavy atom. The van der Waals surface area contributed by atoms with E-state index in [-0.39, 0.29) is 5.91 Å². The van der Waals surface area contributed by atoms with Crippen LogP contribution in [0.4, 0.5) is 11.5 Å². The fourth-order valence-corrected chi connectivity index (χ4v) is 4.17. The average Bonchev–Trinajstić information content (AvgIpc) is 2.70. The number of hydrogen-bond acceptors (Lipinski definition) is 4. The Labute approximate surface area is 172 Å². The predicted molar refractivity (Wildman–Crippen MR) is 118 cm³/mol. The lowest BCUT2D eigenvalue weighted by atomic mass is 9.87. The van der Waals surface area contributed by atoms with Crippen molar-refractivity contribution in [2.75, 3.05) is 37.4 Å². The number of nitrogens with zero attached hydrogens (tertiary/aromatic N) is 2. The highest BCUT2D eigenvalue weighted by Crippen LogP contribution is 2.33. The Morgan fingerprint density at radius 3 is 2.75 bits per heavy atom.